The molecule has 4 rings (SSSR count). The van der Waals surface area contributed by atoms with E-state index in [1.807, 2.05) is 0 Å². The molecular formula is C28H23Cl2FN2O4S. The Kier molecular flexibility index (Phi) is 8.89. The van der Waals surface area contributed by atoms with Crippen LogP contribution in [0, 0.1) is 5.82 Å². The van der Waals surface area contributed by atoms with E-state index in [-0.39, 0.29) is 39.6 Å². The molecule has 0 aromatic heterocycles. The van der Waals surface area contributed by atoms with Crippen LogP contribution >= 0.6 is 23.2 Å². The van der Waals surface area contributed by atoms with Gasteiger partial charge >= 0.3 is 0 Å². The quantitative estimate of drug-likeness (QED) is 0.244. The van der Waals surface area contributed by atoms with E-state index >= 15 is 0 Å². The summed E-state index contributed by atoms with van der Waals surface area (Å²) in [4.78, 5) is 12.9. The number of sulfonamides is 1. The summed E-state index contributed by atoms with van der Waals surface area (Å²) in [5.74, 6) is -0.228. The van der Waals surface area contributed by atoms with Gasteiger partial charge in [-0.25, -0.2) is 12.8 Å². The molecule has 0 radical (unpaired) electrons. The van der Waals surface area contributed by atoms with Gasteiger partial charge in [0.2, 0.25) is 5.91 Å². The van der Waals surface area contributed by atoms with Crippen molar-refractivity contribution in [3.8, 4) is 5.75 Å². The first-order valence-corrected chi connectivity index (χ1v) is 13.7. The van der Waals surface area contributed by atoms with Crippen LogP contribution in [0.4, 0.5) is 10.1 Å². The number of benzene rings is 4. The van der Waals surface area contributed by atoms with Gasteiger partial charge in [0.05, 0.1) is 20.6 Å². The predicted molar refractivity (Wildman–Crippen MR) is 146 cm³/mol. The van der Waals surface area contributed by atoms with Gasteiger partial charge in [0.15, 0.2) is 0 Å². The van der Waals surface area contributed by atoms with E-state index in [9.17, 15) is 17.6 Å². The average molecular weight is 573 g/mol. The van der Waals surface area contributed by atoms with Gasteiger partial charge in [-0.3, -0.25) is 9.10 Å². The molecule has 0 heterocycles. The van der Waals surface area contributed by atoms with Gasteiger partial charge < -0.3 is 10.1 Å². The van der Waals surface area contributed by atoms with Crippen molar-refractivity contribution in [2.45, 2.75) is 18.0 Å². The van der Waals surface area contributed by atoms with Gasteiger partial charge in [-0.2, -0.15) is 0 Å². The lowest BCUT2D eigenvalue weighted by Gasteiger charge is -2.25. The van der Waals surface area contributed by atoms with Crippen molar-refractivity contribution in [3.63, 3.8) is 0 Å². The average Bonchev–Trinajstić information content (AvgIpc) is 2.93. The highest BCUT2D eigenvalue weighted by Crippen LogP contribution is 2.35. The summed E-state index contributed by atoms with van der Waals surface area (Å²) < 4.78 is 46.6. The van der Waals surface area contributed by atoms with Gasteiger partial charge in [-0.1, -0.05) is 71.7 Å². The second-order valence-corrected chi connectivity index (χ2v) is 10.9. The van der Waals surface area contributed by atoms with Crippen LogP contribution in [-0.2, 0) is 28.0 Å². The largest absolute Gasteiger partial charge is 0.489 e. The Hall–Kier alpha value is -3.59. The van der Waals surface area contributed by atoms with Crippen LogP contribution < -0.4 is 14.4 Å². The summed E-state index contributed by atoms with van der Waals surface area (Å²) in [6.07, 6.45) is 0. The lowest BCUT2D eigenvalue weighted by Crippen LogP contribution is -2.40. The van der Waals surface area contributed by atoms with E-state index in [4.69, 9.17) is 27.9 Å². The van der Waals surface area contributed by atoms with E-state index < -0.39 is 22.5 Å². The molecule has 0 aliphatic carbocycles. The summed E-state index contributed by atoms with van der Waals surface area (Å²) in [6, 6.07) is 25.5. The minimum atomic E-state index is -4.12. The maximum Gasteiger partial charge on any atom is 0.264 e. The van der Waals surface area contributed by atoms with E-state index in [1.165, 1.54) is 36.4 Å². The molecular weight excluding hydrogens is 550 g/mol. The van der Waals surface area contributed by atoms with Crippen molar-refractivity contribution in [2.75, 3.05) is 10.8 Å². The van der Waals surface area contributed by atoms with Gasteiger partial charge in [0.25, 0.3) is 10.0 Å². The van der Waals surface area contributed by atoms with Crippen LogP contribution in [0.2, 0.25) is 10.0 Å². The maximum atomic E-state index is 13.4. The Morgan fingerprint density at radius 3 is 2.18 bits per heavy atom. The Morgan fingerprint density at radius 1 is 0.842 bits per heavy atom. The molecule has 1 amide bonds. The maximum absolute atomic E-state index is 13.4. The number of carbonyl (C=O) groups is 1. The molecule has 0 aliphatic rings. The molecule has 4 aromatic carbocycles. The standard InChI is InChI=1S/C28H23Cl2FN2O4S/c29-25-7-4-8-26(28(25)30)33(38(35,36)24-5-2-1-3-6-24)18-27(34)32-17-20-11-15-23(16-12-20)37-19-21-9-13-22(31)14-10-21/h1-16H,17-19H2,(H,32,34). The molecule has 0 fully saturated rings. The zero-order chi connectivity index (χ0) is 27.1. The smallest absolute Gasteiger partial charge is 0.264 e. The number of hydrogen-bond acceptors (Lipinski definition) is 4. The van der Waals surface area contributed by atoms with Gasteiger partial charge in [-0.15, -0.1) is 0 Å². The number of rotatable bonds is 10. The molecule has 0 bridgehead atoms. The first-order chi connectivity index (χ1) is 18.2. The minimum Gasteiger partial charge on any atom is -0.489 e. The Bertz CT molecular complexity index is 1500. The molecule has 0 saturated carbocycles. The molecule has 0 spiro atoms. The number of ether oxygens (including phenoxy) is 1. The third kappa shape index (κ3) is 6.83. The predicted octanol–water partition coefficient (Wildman–Crippen LogP) is 6.22. The zero-order valence-electron chi connectivity index (χ0n) is 20.0. The number of halogens is 3. The van der Waals surface area contributed by atoms with Crippen LogP contribution in [0.15, 0.2) is 102 Å². The highest BCUT2D eigenvalue weighted by Gasteiger charge is 2.29. The van der Waals surface area contributed by atoms with E-state index in [1.54, 1.807) is 60.7 Å². The van der Waals surface area contributed by atoms with Crippen LogP contribution in [0.5, 0.6) is 5.75 Å². The molecule has 6 nitrogen and oxygen atoms in total. The van der Waals surface area contributed by atoms with Gasteiger partial charge in [-0.05, 0) is 59.7 Å². The number of nitrogens with zero attached hydrogens (tertiary/aromatic N) is 1. The lowest BCUT2D eigenvalue weighted by molar-refractivity contribution is -0.119. The Balaban J connectivity index is 1.42. The number of anilines is 1. The van der Waals surface area contributed by atoms with Gasteiger partial charge in [0, 0.05) is 6.54 Å². The third-order valence-electron chi connectivity index (χ3n) is 5.55. The molecule has 1 N–H and O–H groups in total. The summed E-state index contributed by atoms with van der Waals surface area (Å²) in [7, 11) is -4.12. The number of amides is 1. The van der Waals surface area contributed by atoms with Crippen LogP contribution in [0.1, 0.15) is 11.1 Å². The molecule has 38 heavy (non-hydrogen) atoms. The van der Waals surface area contributed by atoms with E-state index in [0.717, 1.165) is 15.4 Å². The normalized spacial score (nSPS) is 11.1. The van der Waals surface area contributed by atoms with Crippen molar-refractivity contribution in [2.24, 2.45) is 0 Å². The summed E-state index contributed by atoms with van der Waals surface area (Å²) in [6.45, 7) is -0.0517. The fourth-order valence-electron chi connectivity index (χ4n) is 3.54. The Morgan fingerprint density at radius 2 is 1.50 bits per heavy atom. The van der Waals surface area contributed by atoms with Crippen molar-refractivity contribution < 1.29 is 22.3 Å². The summed E-state index contributed by atoms with van der Waals surface area (Å²) in [5, 5.41) is 2.93. The van der Waals surface area contributed by atoms with Crippen molar-refractivity contribution in [1.29, 1.82) is 0 Å². The molecule has 0 saturated heterocycles. The third-order valence-corrected chi connectivity index (χ3v) is 8.13. The molecule has 0 atom stereocenters. The monoisotopic (exact) mass is 572 g/mol. The van der Waals surface area contributed by atoms with Crippen molar-refractivity contribution in [1.82, 2.24) is 5.32 Å². The summed E-state index contributed by atoms with van der Waals surface area (Å²) in [5.41, 5.74) is 1.71. The highest BCUT2D eigenvalue weighted by atomic mass is 35.5. The molecule has 0 aliphatic heterocycles. The van der Waals surface area contributed by atoms with Crippen LogP contribution in [0.3, 0.4) is 0 Å². The molecule has 10 heteroatoms. The topological polar surface area (TPSA) is 75.7 Å². The zero-order valence-corrected chi connectivity index (χ0v) is 22.3. The van der Waals surface area contributed by atoms with Crippen LogP contribution in [0.25, 0.3) is 0 Å². The molecule has 0 unspecified atom stereocenters. The first kappa shape index (κ1) is 27.4. The summed E-state index contributed by atoms with van der Waals surface area (Å²) >= 11 is 12.5. The van der Waals surface area contributed by atoms with Crippen molar-refractivity contribution >= 4 is 44.8 Å². The second kappa shape index (κ2) is 12.3. The number of nitrogens with one attached hydrogen (secondary N) is 1. The number of hydrogen-bond donors (Lipinski definition) is 1. The van der Waals surface area contributed by atoms with E-state index in [0.29, 0.717) is 5.75 Å². The fraction of sp³-hybridized carbons (Fsp3) is 0.107. The Labute approximate surface area is 230 Å². The minimum absolute atomic E-state index is 0.0140. The lowest BCUT2D eigenvalue weighted by atomic mass is 10.2. The van der Waals surface area contributed by atoms with Crippen LogP contribution in [-0.4, -0.2) is 20.9 Å². The van der Waals surface area contributed by atoms with E-state index in [2.05, 4.69) is 5.32 Å². The second-order valence-electron chi connectivity index (χ2n) is 8.23. The first-order valence-electron chi connectivity index (χ1n) is 11.5. The van der Waals surface area contributed by atoms with Gasteiger partial charge in [0.1, 0.15) is 24.7 Å². The molecule has 4 aromatic rings. The van der Waals surface area contributed by atoms with Crippen molar-refractivity contribution in [3.05, 3.63) is 124 Å². The molecule has 196 valence electrons. The SMILES string of the molecule is O=C(CN(c1cccc(Cl)c1Cl)S(=O)(=O)c1ccccc1)NCc1ccc(OCc2ccc(F)cc2)cc1. The highest BCUT2D eigenvalue weighted by molar-refractivity contribution is 7.92. The fourth-order valence-corrected chi connectivity index (χ4v) is 5.44. The number of carbonyl (C=O) groups excluding carboxylic acids is 1.